The van der Waals surface area contributed by atoms with Gasteiger partial charge in [-0.1, -0.05) is 18.2 Å². The summed E-state index contributed by atoms with van der Waals surface area (Å²) < 4.78 is 13.7. The number of piperidine rings is 2. The molecule has 0 radical (unpaired) electrons. The molecule has 0 bridgehead atoms. The lowest BCUT2D eigenvalue weighted by molar-refractivity contribution is -0.139. The summed E-state index contributed by atoms with van der Waals surface area (Å²) in [7, 11) is 0. The topological polar surface area (TPSA) is 52.7 Å². The van der Waals surface area contributed by atoms with E-state index in [0.29, 0.717) is 31.0 Å². The Morgan fingerprint density at radius 1 is 1.22 bits per heavy atom. The predicted octanol–water partition coefficient (Wildman–Crippen LogP) is 2.94. The minimum atomic E-state index is -0.226. The Bertz CT molecular complexity index is 721. The highest BCUT2D eigenvalue weighted by Gasteiger charge is 2.46. The maximum absolute atomic E-state index is 13.7. The van der Waals surface area contributed by atoms with Gasteiger partial charge in [-0.2, -0.15) is 0 Å². The zero-order valence-corrected chi connectivity index (χ0v) is 15.8. The first kappa shape index (κ1) is 18.3. The summed E-state index contributed by atoms with van der Waals surface area (Å²) in [6.45, 7) is 2.70. The van der Waals surface area contributed by atoms with Crippen LogP contribution < -0.4 is 5.32 Å². The van der Waals surface area contributed by atoms with E-state index in [1.165, 1.54) is 6.07 Å². The molecule has 6 heteroatoms. The first-order valence-electron chi connectivity index (χ1n) is 10.1. The minimum absolute atomic E-state index is 0.0532. The van der Waals surface area contributed by atoms with Gasteiger partial charge in [-0.3, -0.25) is 4.79 Å². The summed E-state index contributed by atoms with van der Waals surface area (Å²) in [5.74, 6) is 0.0605. The smallest absolute Gasteiger partial charge is 0.317 e. The molecule has 27 heavy (non-hydrogen) atoms. The number of likely N-dealkylation sites (tertiary alicyclic amines) is 2. The van der Waals surface area contributed by atoms with Crippen LogP contribution in [0.3, 0.4) is 0 Å². The number of carbonyl (C=O) groups excluding carboxylic acids is 2. The summed E-state index contributed by atoms with van der Waals surface area (Å²) >= 11 is 0. The molecule has 3 amide bonds. The van der Waals surface area contributed by atoms with Gasteiger partial charge in [-0.25, -0.2) is 9.18 Å². The highest BCUT2D eigenvalue weighted by molar-refractivity contribution is 5.78. The number of urea groups is 1. The van der Waals surface area contributed by atoms with Crippen molar-refractivity contribution in [2.75, 3.05) is 26.2 Å². The van der Waals surface area contributed by atoms with Crippen LogP contribution in [0.1, 0.15) is 44.1 Å². The quantitative estimate of drug-likeness (QED) is 0.882. The average Bonchev–Trinajstić information content (AvgIpc) is 3.51. The van der Waals surface area contributed by atoms with Crippen molar-refractivity contribution in [3.63, 3.8) is 0 Å². The Morgan fingerprint density at radius 2 is 2.04 bits per heavy atom. The van der Waals surface area contributed by atoms with Gasteiger partial charge in [0.05, 0.1) is 0 Å². The number of halogens is 1. The van der Waals surface area contributed by atoms with Crippen LogP contribution in [0.4, 0.5) is 9.18 Å². The molecule has 1 aromatic carbocycles. The van der Waals surface area contributed by atoms with Gasteiger partial charge in [0.1, 0.15) is 5.82 Å². The van der Waals surface area contributed by atoms with E-state index in [2.05, 4.69) is 10.2 Å². The number of rotatable bonds is 4. The molecule has 146 valence electrons. The lowest BCUT2D eigenvalue weighted by atomic mass is 9.73. The fourth-order valence-corrected chi connectivity index (χ4v) is 4.59. The van der Waals surface area contributed by atoms with E-state index < -0.39 is 0 Å². The molecule has 2 saturated heterocycles. The SMILES string of the molecule is O=C(NCCc1ccccc1F)N1CCC[C@@]2(CCC(=O)N(C3CC3)C2)C1. The molecule has 3 aliphatic rings. The Morgan fingerprint density at radius 3 is 2.81 bits per heavy atom. The normalized spacial score (nSPS) is 25.7. The predicted molar refractivity (Wildman–Crippen MR) is 101 cm³/mol. The van der Waals surface area contributed by atoms with Crippen molar-refractivity contribution in [1.82, 2.24) is 15.1 Å². The van der Waals surface area contributed by atoms with E-state index in [-0.39, 0.29) is 23.2 Å². The van der Waals surface area contributed by atoms with Gasteiger partial charge in [0.25, 0.3) is 0 Å². The van der Waals surface area contributed by atoms with Crippen LogP contribution in [0.15, 0.2) is 24.3 Å². The molecule has 1 aromatic rings. The highest BCUT2D eigenvalue weighted by atomic mass is 19.1. The molecule has 2 aliphatic heterocycles. The van der Waals surface area contributed by atoms with Crippen LogP contribution in [0.25, 0.3) is 0 Å². The number of hydrogen-bond acceptors (Lipinski definition) is 2. The van der Waals surface area contributed by atoms with Crippen molar-refractivity contribution in [2.24, 2.45) is 5.41 Å². The second kappa shape index (κ2) is 7.49. The molecule has 3 fully saturated rings. The number of nitrogens with zero attached hydrogens (tertiary/aromatic N) is 2. The number of hydrogen-bond donors (Lipinski definition) is 1. The molecule has 0 aromatic heterocycles. The molecule has 1 aliphatic carbocycles. The molecule has 1 spiro atoms. The summed E-state index contributed by atoms with van der Waals surface area (Å²) in [5.41, 5.74) is 0.677. The monoisotopic (exact) mass is 373 g/mol. The number of amides is 3. The van der Waals surface area contributed by atoms with Gasteiger partial charge >= 0.3 is 6.03 Å². The largest absolute Gasteiger partial charge is 0.339 e. The van der Waals surface area contributed by atoms with Crippen molar-refractivity contribution in [3.05, 3.63) is 35.6 Å². The second-order valence-electron chi connectivity index (χ2n) is 8.35. The van der Waals surface area contributed by atoms with Crippen LogP contribution in [-0.4, -0.2) is 54.0 Å². The van der Waals surface area contributed by atoms with Crippen LogP contribution in [0, 0.1) is 11.2 Å². The maximum atomic E-state index is 13.7. The van der Waals surface area contributed by atoms with Crippen LogP contribution in [-0.2, 0) is 11.2 Å². The van der Waals surface area contributed by atoms with E-state index in [9.17, 15) is 14.0 Å². The van der Waals surface area contributed by atoms with Crippen molar-refractivity contribution < 1.29 is 14.0 Å². The lowest BCUT2D eigenvalue weighted by Gasteiger charge is -2.48. The Hall–Kier alpha value is -2.11. The molecular weight excluding hydrogens is 345 g/mol. The minimum Gasteiger partial charge on any atom is -0.339 e. The third-order valence-corrected chi connectivity index (χ3v) is 6.26. The first-order chi connectivity index (χ1) is 13.1. The fraction of sp³-hybridized carbons (Fsp3) is 0.619. The van der Waals surface area contributed by atoms with Crippen molar-refractivity contribution in [2.45, 2.75) is 51.0 Å². The van der Waals surface area contributed by atoms with E-state index in [4.69, 9.17) is 0 Å². The van der Waals surface area contributed by atoms with Crippen molar-refractivity contribution >= 4 is 11.9 Å². The molecule has 5 nitrogen and oxygen atoms in total. The standard InChI is InChI=1S/C21H28FN3O2/c22-18-5-2-1-4-16(18)9-12-23-20(27)24-13-3-10-21(14-24)11-8-19(26)25(15-21)17-6-7-17/h1-2,4-5,17H,3,6-15H2,(H,23,27)/t21-/m1/s1. The second-order valence-corrected chi connectivity index (χ2v) is 8.35. The molecule has 2 heterocycles. The number of nitrogens with one attached hydrogen (secondary N) is 1. The molecule has 0 unspecified atom stereocenters. The summed E-state index contributed by atoms with van der Waals surface area (Å²) in [5, 5.41) is 2.94. The Balaban J connectivity index is 1.31. The Labute approximate surface area is 159 Å². The molecule has 1 atom stereocenters. The van der Waals surface area contributed by atoms with E-state index in [0.717, 1.165) is 51.7 Å². The zero-order valence-electron chi connectivity index (χ0n) is 15.8. The molecule has 1 N–H and O–H groups in total. The summed E-state index contributed by atoms with van der Waals surface area (Å²) in [6, 6.07) is 7.05. The third-order valence-electron chi connectivity index (χ3n) is 6.26. The number of benzene rings is 1. The maximum Gasteiger partial charge on any atom is 0.317 e. The summed E-state index contributed by atoms with van der Waals surface area (Å²) in [4.78, 5) is 28.8. The van der Waals surface area contributed by atoms with E-state index in [1.54, 1.807) is 12.1 Å². The van der Waals surface area contributed by atoms with Gasteiger partial charge < -0.3 is 15.1 Å². The summed E-state index contributed by atoms with van der Waals surface area (Å²) in [6.07, 6.45) is 6.30. The van der Waals surface area contributed by atoms with E-state index >= 15 is 0 Å². The lowest BCUT2D eigenvalue weighted by Crippen LogP contribution is -2.57. The number of carbonyl (C=O) groups is 2. The first-order valence-corrected chi connectivity index (χ1v) is 10.1. The van der Waals surface area contributed by atoms with Gasteiger partial charge in [0, 0.05) is 44.1 Å². The van der Waals surface area contributed by atoms with Crippen molar-refractivity contribution in [3.8, 4) is 0 Å². The van der Waals surface area contributed by atoms with E-state index in [1.807, 2.05) is 11.0 Å². The average molecular weight is 373 g/mol. The molecule has 4 rings (SSSR count). The van der Waals surface area contributed by atoms with Crippen LogP contribution in [0.2, 0.25) is 0 Å². The fourth-order valence-electron chi connectivity index (χ4n) is 4.59. The van der Waals surface area contributed by atoms with Gasteiger partial charge in [0.2, 0.25) is 5.91 Å². The molecule has 1 saturated carbocycles. The van der Waals surface area contributed by atoms with Crippen molar-refractivity contribution in [1.29, 1.82) is 0 Å². The van der Waals surface area contributed by atoms with Crippen LogP contribution >= 0.6 is 0 Å². The zero-order chi connectivity index (χ0) is 18.9. The molecular formula is C21H28FN3O2. The highest BCUT2D eigenvalue weighted by Crippen LogP contribution is 2.42. The van der Waals surface area contributed by atoms with Gasteiger partial charge in [-0.05, 0) is 50.2 Å². The van der Waals surface area contributed by atoms with Gasteiger partial charge in [-0.15, -0.1) is 0 Å². The third kappa shape index (κ3) is 4.09. The van der Waals surface area contributed by atoms with Gasteiger partial charge in [0.15, 0.2) is 0 Å². The van der Waals surface area contributed by atoms with Crippen LogP contribution in [0.5, 0.6) is 0 Å². The Kier molecular flexibility index (Phi) is 5.06.